The van der Waals surface area contributed by atoms with Crippen LogP contribution in [0.2, 0.25) is 0 Å². The molecule has 0 atom stereocenters. The molecule has 1 heterocycles. The Hall–Kier alpha value is -2.34. The van der Waals surface area contributed by atoms with Gasteiger partial charge in [-0.25, -0.2) is 4.98 Å². The van der Waals surface area contributed by atoms with Gasteiger partial charge >= 0.3 is 0 Å². The minimum absolute atomic E-state index is 0.0838. The number of para-hydroxylation sites is 1. The number of aromatic nitrogens is 2. The number of ether oxygens (including phenoxy) is 2. The Kier molecular flexibility index (Phi) is 4.34. The zero-order valence-electron chi connectivity index (χ0n) is 12.7. The first-order chi connectivity index (χ1) is 11.1. The molecule has 0 aliphatic heterocycles. The van der Waals surface area contributed by atoms with E-state index in [1.54, 1.807) is 31.2 Å². The van der Waals surface area contributed by atoms with Crippen molar-refractivity contribution >= 4 is 26.8 Å². The number of methoxy groups -OCH3 is 2. The molecule has 0 saturated carbocycles. The summed E-state index contributed by atoms with van der Waals surface area (Å²) >= 11 is 3.43. The molecule has 0 bridgehead atoms. The number of hydrogen-bond acceptors (Lipinski definition) is 4. The van der Waals surface area contributed by atoms with Crippen LogP contribution < -0.4 is 15.0 Å². The van der Waals surface area contributed by atoms with Crippen LogP contribution in [0.3, 0.4) is 0 Å². The van der Waals surface area contributed by atoms with E-state index in [1.165, 1.54) is 0 Å². The first-order valence-corrected chi connectivity index (χ1v) is 7.78. The highest BCUT2D eigenvalue weighted by Gasteiger charge is 2.12. The largest absolute Gasteiger partial charge is 0.496 e. The SMILES string of the molecule is COc1cc(Cn2cnc3ccccc3c2=O)c(OC)cc1Br. The second-order valence-electron chi connectivity index (χ2n) is 4.99. The Bertz CT molecular complexity index is 921. The molecule has 0 N–H and O–H groups in total. The maximum absolute atomic E-state index is 12.6. The van der Waals surface area contributed by atoms with E-state index < -0.39 is 0 Å². The lowest BCUT2D eigenvalue weighted by Gasteiger charge is -2.13. The molecule has 0 saturated heterocycles. The summed E-state index contributed by atoms with van der Waals surface area (Å²) in [5.74, 6) is 1.36. The fourth-order valence-corrected chi connectivity index (χ4v) is 2.93. The zero-order chi connectivity index (χ0) is 16.4. The van der Waals surface area contributed by atoms with Gasteiger partial charge in [-0.05, 0) is 40.2 Å². The van der Waals surface area contributed by atoms with Crippen molar-refractivity contribution in [2.24, 2.45) is 0 Å². The minimum Gasteiger partial charge on any atom is -0.496 e. The van der Waals surface area contributed by atoms with E-state index in [0.29, 0.717) is 28.9 Å². The van der Waals surface area contributed by atoms with Crippen LogP contribution in [0.15, 0.2) is 52.0 Å². The summed E-state index contributed by atoms with van der Waals surface area (Å²) in [7, 11) is 3.19. The van der Waals surface area contributed by atoms with E-state index in [1.807, 2.05) is 30.3 Å². The van der Waals surface area contributed by atoms with E-state index in [9.17, 15) is 4.79 Å². The minimum atomic E-state index is -0.0838. The van der Waals surface area contributed by atoms with Gasteiger partial charge in [-0.3, -0.25) is 9.36 Å². The summed E-state index contributed by atoms with van der Waals surface area (Å²) in [5, 5.41) is 0.595. The summed E-state index contributed by atoms with van der Waals surface area (Å²) in [5.41, 5.74) is 1.44. The van der Waals surface area contributed by atoms with Crippen LogP contribution in [0.4, 0.5) is 0 Å². The van der Waals surface area contributed by atoms with E-state index in [4.69, 9.17) is 9.47 Å². The molecule has 1 aromatic heterocycles. The Morgan fingerprint density at radius 2 is 1.87 bits per heavy atom. The van der Waals surface area contributed by atoms with Crippen LogP contribution in [0.1, 0.15) is 5.56 Å². The van der Waals surface area contributed by atoms with E-state index in [0.717, 1.165) is 10.0 Å². The second kappa shape index (κ2) is 6.42. The smallest absolute Gasteiger partial charge is 0.261 e. The number of benzene rings is 2. The Labute approximate surface area is 141 Å². The maximum Gasteiger partial charge on any atom is 0.261 e. The van der Waals surface area contributed by atoms with Crippen LogP contribution in [0, 0.1) is 0 Å². The molecule has 0 fully saturated rings. The van der Waals surface area contributed by atoms with E-state index in [-0.39, 0.29) is 5.56 Å². The predicted molar refractivity (Wildman–Crippen MR) is 92.4 cm³/mol. The van der Waals surface area contributed by atoms with E-state index >= 15 is 0 Å². The standard InChI is InChI=1S/C17H15BrN2O3/c1-22-15-8-13(18)16(23-2)7-11(15)9-20-10-19-14-6-4-3-5-12(14)17(20)21/h3-8,10H,9H2,1-2H3. The lowest BCUT2D eigenvalue weighted by atomic mass is 10.1. The quantitative estimate of drug-likeness (QED) is 0.703. The summed E-state index contributed by atoms with van der Waals surface area (Å²) in [6, 6.07) is 11.0. The molecule has 23 heavy (non-hydrogen) atoms. The zero-order valence-corrected chi connectivity index (χ0v) is 14.3. The van der Waals surface area contributed by atoms with Crippen LogP contribution in [0.5, 0.6) is 11.5 Å². The van der Waals surface area contributed by atoms with Gasteiger partial charge in [0.05, 0.1) is 42.5 Å². The van der Waals surface area contributed by atoms with Gasteiger partial charge in [-0.2, -0.15) is 0 Å². The topological polar surface area (TPSA) is 53.4 Å². The molecule has 0 aliphatic rings. The summed E-state index contributed by atoms with van der Waals surface area (Å²) in [6.07, 6.45) is 1.55. The van der Waals surface area contributed by atoms with Gasteiger partial charge < -0.3 is 9.47 Å². The summed E-state index contributed by atoms with van der Waals surface area (Å²) in [6.45, 7) is 0.351. The summed E-state index contributed by atoms with van der Waals surface area (Å²) < 4.78 is 13.1. The Balaban J connectivity index is 2.09. The highest BCUT2D eigenvalue weighted by molar-refractivity contribution is 9.10. The first-order valence-electron chi connectivity index (χ1n) is 6.98. The van der Waals surface area contributed by atoms with Gasteiger partial charge in [0.2, 0.25) is 0 Å². The lowest BCUT2D eigenvalue weighted by molar-refractivity contribution is 0.395. The number of rotatable bonds is 4. The molecule has 5 nitrogen and oxygen atoms in total. The first kappa shape index (κ1) is 15.6. The van der Waals surface area contributed by atoms with Gasteiger partial charge in [0.25, 0.3) is 5.56 Å². The maximum atomic E-state index is 12.6. The highest BCUT2D eigenvalue weighted by Crippen LogP contribution is 2.33. The molecule has 0 unspecified atom stereocenters. The van der Waals surface area contributed by atoms with Crippen molar-refractivity contribution in [3.05, 3.63) is 63.1 Å². The molecule has 0 radical (unpaired) electrons. The number of nitrogens with zero attached hydrogens (tertiary/aromatic N) is 2. The molecule has 118 valence electrons. The third kappa shape index (κ3) is 2.94. The fraction of sp³-hybridized carbons (Fsp3) is 0.176. The highest BCUT2D eigenvalue weighted by atomic mass is 79.9. The third-order valence-electron chi connectivity index (χ3n) is 3.63. The van der Waals surface area contributed by atoms with Crippen molar-refractivity contribution in [3.63, 3.8) is 0 Å². The fourth-order valence-electron chi connectivity index (χ4n) is 2.45. The van der Waals surface area contributed by atoms with Crippen LogP contribution in [-0.4, -0.2) is 23.8 Å². The molecule has 0 spiro atoms. The molecular formula is C17H15BrN2O3. The van der Waals surface area contributed by atoms with Gasteiger partial charge in [0.15, 0.2) is 0 Å². The number of fused-ring (bicyclic) bond motifs is 1. The molecule has 6 heteroatoms. The Morgan fingerprint density at radius 1 is 1.13 bits per heavy atom. The Morgan fingerprint density at radius 3 is 2.61 bits per heavy atom. The number of hydrogen-bond donors (Lipinski definition) is 0. The molecular weight excluding hydrogens is 360 g/mol. The molecule has 3 aromatic rings. The van der Waals surface area contributed by atoms with E-state index in [2.05, 4.69) is 20.9 Å². The normalized spacial score (nSPS) is 10.7. The van der Waals surface area contributed by atoms with Crippen molar-refractivity contribution in [1.29, 1.82) is 0 Å². The van der Waals surface area contributed by atoms with Crippen LogP contribution in [-0.2, 0) is 6.54 Å². The van der Waals surface area contributed by atoms with Gasteiger partial charge in [0.1, 0.15) is 11.5 Å². The van der Waals surface area contributed by atoms with Gasteiger partial charge in [-0.15, -0.1) is 0 Å². The third-order valence-corrected chi connectivity index (χ3v) is 4.25. The lowest BCUT2D eigenvalue weighted by Crippen LogP contribution is -2.21. The molecule has 0 aliphatic carbocycles. The van der Waals surface area contributed by atoms with Gasteiger partial charge in [0, 0.05) is 5.56 Å². The van der Waals surface area contributed by atoms with Crippen molar-refractivity contribution in [2.45, 2.75) is 6.54 Å². The average Bonchev–Trinajstić information content (AvgIpc) is 2.58. The van der Waals surface area contributed by atoms with Crippen LogP contribution >= 0.6 is 15.9 Å². The van der Waals surface area contributed by atoms with Gasteiger partial charge in [-0.1, -0.05) is 12.1 Å². The van der Waals surface area contributed by atoms with Crippen molar-refractivity contribution in [2.75, 3.05) is 14.2 Å². The predicted octanol–water partition coefficient (Wildman–Crippen LogP) is 3.22. The van der Waals surface area contributed by atoms with Crippen LogP contribution in [0.25, 0.3) is 10.9 Å². The second-order valence-corrected chi connectivity index (χ2v) is 5.85. The molecule has 2 aromatic carbocycles. The monoisotopic (exact) mass is 374 g/mol. The summed E-state index contributed by atoms with van der Waals surface area (Å²) in [4.78, 5) is 16.9. The van der Waals surface area contributed by atoms with Crippen molar-refractivity contribution in [1.82, 2.24) is 9.55 Å². The molecule has 3 rings (SSSR count). The van der Waals surface area contributed by atoms with Crippen molar-refractivity contribution < 1.29 is 9.47 Å². The average molecular weight is 375 g/mol. The number of halogens is 1. The molecule has 0 amide bonds. The van der Waals surface area contributed by atoms with Crippen molar-refractivity contribution in [3.8, 4) is 11.5 Å².